The Morgan fingerprint density at radius 1 is 1.34 bits per heavy atom. The Morgan fingerprint density at radius 2 is 2.06 bits per heavy atom. The van der Waals surface area contributed by atoms with E-state index in [9.17, 15) is 14.5 Å². The number of amides is 1. The topological polar surface area (TPSA) is 101 Å². The van der Waals surface area contributed by atoms with Gasteiger partial charge < -0.3 is 15.0 Å². The molecule has 1 fully saturated rings. The van der Waals surface area contributed by atoms with Crippen molar-refractivity contribution >= 4 is 29.9 Å². The molecule has 2 heterocycles. The Labute approximate surface area is 194 Å². The van der Waals surface area contributed by atoms with Gasteiger partial charge in [-0.05, 0) is 77.9 Å². The second-order valence-corrected chi connectivity index (χ2v) is 9.35. The number of ether oxygens (including phenoxy) is 1. The molecule has 1 atom stereocenters. The smallest absolute Gasteiger partial charge is 0.293 e. The molecule has 1 amide bonds. The molecule has 3 rings (SSSR count). The van der Waals surface area contributed by atoms with E-state index < -0.39 is 0 Å². The number of hydrogen-bond donors (Lipinski definition) is 1. The lowest BCUT2D eigenvalue weighted by Gasteiger charge is -2.14. The van der Waals surface area contributed by atoms with Crippen LogP contribution in [-0.2, 0) is 20.9 Å². The maximum absolute atomic E-state index is 10.8. The molecule has 1 aliphatic rings. The third-order valence-electron chi connectivity index (χ3n) is 4.85. The van der Waals surface area contributed by atoms with E-state index in [1.165, 1.54) is 30.7 Å². The number of rotatable bonds is 6. The van der Waals surface area contributed by atoms with Crippen LogP contribution in [-0.4, -0.2) is 48.0 Å². The summed E-state index contributed by atoms with van der Waals surface area (Å²) in [5, 5.41) is 5.52. The Kier molecular flexibility index (Phi) is 11.7. The first-order chi connectivity index (χ1) is 15.1. The number of carbonyl (C=O) groups excluding carboxylic acids is 2. The molecule has 1 aromatic heterocycles. The average Bonchev–Trinajstić information content (AvgIpc) is 3.34. The highest BCUT2D eigenvalue weighted by molar-refractivity contribution is 7.13. The lowest BCUT2D eigenvalue weighted by atomic mass is 10.1. The summed E-state index contributed by atoms with van der Waals surface area (Å²) in [5.41, 5.74) is 4.33. The van der Waals surface area contributed by atoms with Crippen molar-refractivity contribution in [1.29, 1.82) is 0 Å². The minimum atomic E-state index is -0.318. The highest BCUT2D eigenvalue weighted by Gasteiger charge is 2.14. The molecule has 0 spiro atoms. The van der Waals surface area contributed by atoms with Gasteiger partial charge in [0.05, 0.1) is 16.1 Å². The van der Waals surface area contributed by atoms with Gasteiger partial charge in [-0.15, -0.1) is 16.2 Å². The second-order valence-electron chi connectivity index (χ2n) is 8.50. The molecule has 176 valence electrons. The van der Waals surface area contributed by atoms with Gasteiger partial charge in [0.25, 0.3) is 6.47 Å². The first kappa shape index (κ1) is 27.4. The van der Waals surface area contributed by atoms with Crippen molar-refractivity contribution in [1.82, 2.24) is 15.2 Å². The molecule has 1 aromatic carbocycles. The van der Waals surface area contributed by atoms with Crippen LogP contribution in [0.5, 0.6) is 0 Å². The van der Waals surface area contributed by atoms with Crippen LogP contribution in [0.25, 0.3) is 10.4 Å². The van der Waals surface area contributed by atoms with Crippen LogP contribution in [0.1, 0.15) is 51.8 Å². The molecule has 0 saturated carbocycles. The molecule has 8 nitrogen and oxygen atoms in total. The third kappa shape index (κ3) is 9.65. The highest BCUT2D eigenvalue weighted by atomic mass is 32.1. The van der Waals surface area contributed by atoms with Gasteiger partial charge in [0.15, 0.2) is 0 Å². The maximum atomic E-state index is 10.8. The molecule has 1 saturated heterocycles. The number of likely N-dealkylation sites (tertiary alicyclic amines) is 1. The van der Waals surface area contributed by atoms with Crippen LogP contribution in [0, 0.1) is 11.8 Å². The molecule has 1 aliphatic heterocycles. The summed E-state index contributed by atoms with van der Waals surface area (Å²) in [7, 11) is 2.19. The number of thiazole rings is 1. The fraction of sp³-hybridized carbons (Fsp3) is 0.522. The van der Waals surface area contributed by atoms with Gasteiger partial charge in [0, 0.05) is 18.2 Å². The fourth-order valence-corrected chi connectivity index (χ4v) is 3.69. The predicted octanol–water partition coefficient (Wildman–Crippen LogP) is 4.82. The van der Waals surface area contributed by atoms with E-state index >= 15 is 0 Å². The van der Waals surface area contributed by atoms with Crippen LogP contribution in [0.4, 0.5) is 5.69 Å². The van der Waals surface area contributed by atoms with E-state index in [1.54, 1.807) is 17.6 Å². The predicted molar refractivity (Wildman–Crippen MR) is 129 cm³/mol. The molecular weight excluding hydrogens is 428 g/mol. The fourth-order valence-electron chi connectivity index (χ4n) is 2.89. The molecule has 1 N–H and O–H groups in total. The summed E-state index contributed by atoms with van der Waals surface area (Å²) < 4.78 is 4.55. The lowest BCUT2D eigenvalue weighted by Crippen LogP contribution is -2.20. The zero-order valence-corrected chi connectivity index (χ0v) is 20.6. The van der Waals surface area contributed by atoms with Gasteiger partial charge in [-0.2, -0.15) is 0 Å². The first-order valence-electron chi connectivity index (χ1n) is 10.5. The zero-order chi connectivity index (χ0) is 24.1. The van der Waals surface area contributed by atoms with Crippen molar-refractivity contribution in [2.75, 3.05) is 13.6 Å². The number of hydrogen-bond acceptors (Lipinski definition) is 8. The molecule has 32 heavy (non-hydrogen) atoms. The van der Waals surface area contributed by atoms with E-state index in [1.807, 2.05) is 33.8 Å². The highest BCUT2D eigenvalue weighted by Crippen LogP contribution is 2.31. The first-order valence-corrected chi connectivity index (χ1v) is 11.4. The number of nitrogens with one attached hydrogen (secondary N) is 1. The third-order valence-corrected chi connectivity index (χ3v) is 5.83. The Hall–Kier alpha value is -2.65. The maximum Gasteiger partial charge on any atom is 0.293 e. The van der Waals surface area contributed by atoms with Gasteiger partial charge in [-0.1, -0.05) is 12.1 Å². The van der Waals surface area contributed by atoms with E-state index in [0.717, 1.165) is 22.2 Å². The summed E-state index contributed by atoms with van der Waals surface area (Å²) in [5.74, 6) is 0. The summed E-state index contributed by atoms with van der Waals surface area (Å²) in [6, 6.07) is 6.26. The largest absolute Gasteiger partial charge is 0.462 e. The number of nitroso groups, excluding NO2 is 1. The molecule has 2 aromatic rings. The van der Waals surface area contributed by atoms with E-state index in [-0.39, 0.29) is 5.60 Å². The quantitative estimate of drug-likeness (QED) is 0.488. The number of benzene rings is 1. The van der Waals surface area contributed by atoms with Crippen molar-refractivity contribution in [3.63, 3.8) is 0 Å². The van der Waals surface area contributed by atoms with Crippen LogP contribution in [0.2, 0.25) is 0 Å². The van der Waals surface area contributed by atoms with Gasteiger partial charge >= 0.3 is 0 Å². The summed E-state index contributed by atoms with van der Waals surface area (Å²) in [4.78, 5) is 38.3. The second kappa shape index (κ2) is 13.7. The summed E-state index contributed by atoms with van der Waals surface area (Å²) >= 11 is 1.52. The zero-order valence-electron chi connectivity index (χ0n) is 19.8. The van der Waals surface area contributed by atoms with Crippen molar-refractivity contribution in [2.24, 2.45) is 5.18 Å². The van der Waals surface area contributed by atoms with E-state index in [2.05, 4.69) is 39.1 Å². The van der Waals surface area contributed by atoms with Gasteiger partial charge in [-0.3, -0.25) is 9.59 Å². The van der Waals surface area contributed by atoms with E-state index in [4.69, 9.17) is 0 Å². The van der Waals surface area contributed by atoms with Crippen LogP contribution < -0.4 is 5.32 Å². The van der Waals surface area contributed by atoms with E-state index in [0.29, 0.717) is 30.7 Å². The molecule has 1 unspecified atom stereocenters. The molecular formula is C23H34N4O4S. The number of aromatic nitrogens is 1. The monoisotopic (exact) mass is 462 g/mol. The van der Waals surface area contributed by atoms with Crippen LogP contribution >= 0.6 is 11.3 Å². The minimum absolute atomic E-state index is 0.298. The summed E-state index contributed by atoms with van der Waals surface area (Å²) in [6.07, 6.45) is 3.39. The van der Waals surface area contributed by atoms with Crippen LogP contribution in [0.3, 0.4) is 0 Å². The SMILES string of the molecule is CC(C)(C)OC=O.CC1CCCN1C.Cc1ncsc1-c1ccc(CNC=O)c(N=O)c1. The minimum Gasteiger partial charge on any atom is -0.462 e. The lowest BCUT2D eigenvalue weighted by molar-refractivity contribution is -0.138. The van der Waals surface area contributed by atoms with Gasteiger partial charge in [0.1, 0.15) is 11.3 Å². The average molecular weight is 463 g/mol. The molecule has 0 radical (unpaired) electrons. The van der Waals surface area contributed by atoms with Gasteiger partial charge in [-0.25, -0.2) is 4.98 Å². The molecule has 0 aliphatic carbocycles. The molecule has 0 bridgehead atoms. The Morgan fingerprint density at radius 3 is 2.44 bits per heavy atom. The Bertz CT molecular complexity index is 856. The number of aryl methyl sites for hydroxylation is 1. The normalized spacial score (nSPS) is 15.5. The van der Waals surface area contributed by atoms with Crippen molar-refractivity contribution in [3.05, 3.63) is 39.9 Å². The molecule has 9 heteroatoms. The van der Waals surface area contributed by atoms with Crippen molar-refractivity contribution in [2.45, 2.75) is 65.6 Å². The van der Waals surface area contributed by atoms with Gasteiger partial charge in [0.2, 0.25) is 6.41 Å². The van der Waals surface area contributed by atoms with Crippen molar-refractivity contribution in [3.8, 4) is 10.4 Å². The standard InChI is InChI=1S/C12H11N3O2S.C6H13N.C5H10O2/c1-8-12(18-7-14-8)9-2-3-10(5-13-6-16)11(4-9)15-17;1-6-4-3-5-7(6)2;1-5(2,3)7-4-6/h2-4,6-7H,5H2,1H3,(H,13,16);6H,3-5H2,1-2H3;4H,1-3H3. The van der Waals surface area contributed by atoms with Crippen molar-refractivity contribution < 1.29 is 14.3 Å². The Balaban J connectivity index is 0.000000300. The van der Waals surface area contributed by atoms with Crippen LogP contribution in [0.15, 0.2) is 28.9 Å². The number of nitrogens with zero attached hydrogens (tertiary/aromatic N) is 3. The summed E-state index contributed by atoms with van der Waals surface area (Å²) in [6.45, 7) is 11.7. The number of carbonyl (C=O) groups is 2.